The summed E-state index contributed by atoms with van der Waals surface area (Å²) >= 11 is 0. The number of nitro groups is 1. The zero-order valence-corrected chi connectivity index (χ0v) is 13.4. The lowest BCUT2D eigenvalue weighted by molar-refractivity contribution is -0.788. The number of nitrogens with zero attached hydrogens (tertiary/aromatic N) is 1. The molecule has 6 nitrogen and oxygen atoms in total. The van der Waals surface area contributed by atoms with Gasteiger partial charge in [-0.25, -0.2) is 0 Å². The van der Waals surface area contributed by atoms with E-state index in [1.807, 2.05) is 27.7 Å². The number of ketones is 1. The smallest absolute Gasteiger partial charge is 0.269 e. The molecule has 0 aromatic heterocycles. The predicted molar refractivity (Wildman–Crippen MR) is 81.3 cm³/mol. The van der Waals surface area contributed by atoms with E-state index in [-0.39, 0.29) is 17.0 Å². The van der Waals surface area contributed by atoms with Gasteiger partial charge in [0.15, 0.2) is 5.78 Å². The zero-order chi connectivity index (χ0) is 16.7. The van der Waals surface area contributed by atoms with Gasteiger partial charge in [0, 0.05) is 12.1 Å². The summed E-state index contributed by atoms with van der Waals surface area (Å²) in [6.07, 6.45) is -0.678. The highest BCUT2D eigenvalue weighted by Crippen LogP contribution is 2.35. The first-order valence-electron chi connectivity index (χ1n) is 7.36. The van der Waals surface area contributed by atoms with Crippen LogP contribution in [0.5, 0.6) is 0 Å². The van der Waals surface area contributed by atoms with Crippen LogP contribution in [0.4, 0.5) is 5.69 Å². The van der Waals surface area contributed by atoms with Crippen molar-refractivity contribution in [1.29, 1.82) is 0 Å². The molecular weight excluding hydrogens is 284 g/mol. The minimum Gasteiger partial charge on any atom is -0.387 e. The van der Waals surface area contributed by atoms with Gasteiger partial charge in [0.1, 0.15) is 11.5 Å². The molecule has 3 N–H and O–H groups in total. The third kappa shape index (κ3) is 3.18. The van der Waals surface area contributed by atoms with Crippen LogP contribution in [-0.2, 0) is 4.79 Å². The molecule has 6 heteroatoms. The molecule has 1 fully saturated rings. The van der Waals surface area contributed by atoms with Gasteiger partial charge in [-0.1, -0.05) is 12.1 Å². The Bertz CT molecular complexity index is 610. The molecule has 1 aromatic carbocycles. The van der Waals surface area contributed by atoms with E-state index in [4.69, 9.17) is 0 Å². The maximum atomic E-state index is 12.5. The van der Waals surface area contributed by atoms with E-state index in [0.717, 1.165) is 0 Å². The zero-order valence-electron chi connectivity index (χ0n) is 13.4. The van der Waals surface area contributed by atoms with E-state index >= 15 is 0 Å². The second kappa shape index (κ2) is 5.44. The molecule has 0 unspecified atom stereocenters. The monoisotopic (exact) mass is 307 g/mol. The van der Waals surface area contributed by atoms with Gasteiger partial charge in [0.05, 0.1) is 23.0 Å². The quantitative estimate of drug-likeness (QED) is 0.650. The highest BCUT2D eigenvalue weighted by atomic mass is 16.6. The minimum atomic E-state index is -1.05. The average molecular weight is 307 g/mol. The number of hydrogen-bond acceptors (Lipinski definition) is 4. The van der Waals surface area contributed by atoms with Crippen molar-refractivity contribution < 1.29 is 20.1 Å². The van der Waals surface area contributed by atoms with Crippen LogP contribution in [0.15, 0.2) is 24.3 Å². The minimum absolute atomic E-state index is 0.00324. The molecule has 0 aliphatic carbocycles. The van der Waals surface area contributed by atoms with Gasteiger partial charge in [-0.3, -0.25) is 14.9 Å². The molecule has 0 saturated carbocycles. The summed E-state index contributed by atoms with van der Waals surface area (Å²) < 4.78 is 0. The van der Waals surface area contributed by atoms with E-state index in [1.54, 1.807) is 6.07 Å². The van der Waals surface area contributed by atoms with Gasteiger partial charge < -0.3 is 10.4 Å². The van der Waals surface area contributed by atoms with Gasteiger partial charge in [0.25, 0.3) is 5.69 Å². The van der Waals surface area contributed by atoms with Crippen LogP contribution in [0.3, 0.4) is 0 Å². The first-order chi connectivity index (χ1) is 10.0. The topological polar surface area (TPSA) is 97.0 Å². The first kappa shape index (κ1) is 16.6. The summed E-state index contributed by atoms with van der Waals surface area (Å²) in [5.41, 5.74) is -0.363. The second-order valence-corrected chi connectivity index (χ2v) is 7.37. The van der Waals surface area contributed by atoms with E-state index in [9.17, 15) is 20.0 Å². The number of carbonyl (C=O) groups is 1. The van der Waals surface area contributed by atoms with E-state index in [0.29, 0.717) is 12.0 Å². The fourth-order valence-electron chi connectivity index (χ4n) is 3.72. The van der Waals surface area contributed by atoms with Crippen molar-refractivity contribution in [2.45, 2.75) is 51.3 Å². The van der Waals surface area contributed by atoms with Crippen molar-refractivity contribution in [1.82, 2.24) is 0 Å². The number of nitro benzene ring substituents is 1. The molecule has 1 heterocycles. The first-order valence-corrected chi connectivity index (χ1v) is 7.36. The lowest BCUT2D eigenvalue weighted by Crippen LogP contribution is -3.07. The molecule has 0 radical (unpaired) electrons. The summed E-state index contributed by atoms with van der Waals surface area (Å²) in [7, 11) is 0. The van der Waals surface area contributed by atoms with Crippen molar-refractivity contribution in [2.75, 3.05) is 0 Å². The Hall–Kier alpha value is -1.79. The number of aliphatic hydroxyl groups excluding tert-OH is 1. The fraction of sp³-hybridized carbons (Fsp3) is 0.562. The highest BCUT2D eigenvalue weighted by Gasteiger charge is 2.52. The number of Topliss-reactive ketones (excluding diaryl/α,β-unsaturated/α-hetero) is 1. The highest BCUT2D eigenvalue weighted by molar-refractivity contribution is 5.84. The van der Waals surface area contributed by atoms with Gasteiger partial charge in [0.2, 0.25) is 0 Å². The van der Waals surface area contributed by atoms with E-state index in [2.05, 4.69) is 5.32 Å². The van der Waals surface area contributed by atoms with Crippen LogP contribution >= 0.6 is 0 Å². The Morgan fingerprint density at radius 3 is 2.55 bits per heavy atom. The molecule has 120 valence electrons. The third-order valence-corrected chi connectivity index (χ3v) is 4.28. The number of rotatable bonds is 3. The van der Waals surface area contributed by atoms with Crippen molar-refractivity contribution in [3.63, 3.8) is 0 Å². The molecule has 0 bridgehead atoms. The molecular formula is C16H23N2O4+. The van der Waals surface area contributed by atoms with Crippen molar-refractivity contribution in [2.24, 2.45) is 5.92 Å². The van der Waals surface area contributed by atoms with Gasteiger partial charge in [-0.15, -0.1) is 0 Å². The number of non-ortho nitro benzene ring substituents is 1. The van der Waals surface area contributed by atoms with Crippen LogP contribution in [-0.4, -0.2) is 26.9 Å². The van der Waals surface area contributed by atoms with Crippen molar-refractivity contribution >= 4 is 11.5 Å². The Balaban J connectivity index is 2.36. The van der Waals surface area contributed by atoms with Crippen molar-refractivity contribution in [3.05, 3.63) is 39.9 Å². The van der Waals surface area contributed by atoms with Gasteiger partial charge >= 0.3 is 0 Å². The Labute approximate surface area is 129 Å². The van der Waals surface area contributed by atoms with E-state index in [1.165, 1.54) is 18.2 Å². The number of quaternary nitrogens is 1. The van der Waals surface area contributed by atoms with E-state index < -0.39 is 22.5 Å². The van der Waals surface area contributed by atoms with Crippen LogP contribution in [0.2, 0.25) is 0 Å². The summed E-state index contributed by atoms with van der Waals surface area (Å²) in [6.45, 7) is 7.86. The van der Waals surface area contributed by atoms with Gasteiger partial charge in [-0.05, 0) is 33.3 Å². The number of carbonyl (C=O) groups excluding carboxylic acids is 1. The summed E-state index contributed by atoms with van der Waals surface area (Å²) in [6, 6.07) is 5.87. The second-order valence-electron chi connectivity index (χ2n) is 7.37. The molecule has 0 amide bonds. The van der Waals surface area contributed by atoms with Crippen LogP contribution in [0.1, 0.15) is 45.8 Å². The molecule has 1 saturated heterocycles. The normalized spacial score (nSPS) is 24.8. The van der Waals surface area contributed by atoms with Crippen LogP contribution < -0.4 is 5.32 Å². The number of hydrogen-bond donors (Lipinski definition) is 2. The summed E-state index contributed by atoms with van der Waals surface area (Å²) in [5.74, 6) is -0.598. The molecule has 1 aliphatic heterocycles. The standard InChI is InChI=1S/C16H22N2O4/c1-15(2)9-12(19)13(16(3,4)17-15)14(20)10-6-5-7-11(8-10)18(21)22/h5-8,13-14,17,20H,9H2,1-4H3/p+1/t13-,14-/m0/s1. The lowest BCUT2D eigenvalue weighted by Gasteiger charge is -2.44. The molecule has 2 rings (SSSR count). The SMILES string of the molecule is CC1(C)CC(=O)[C@@H]([C@@H](O)c2cccc([N+](=O)[O-])c2)C(C)(C)[NH2+]1. The predicted octanol–water partition coefficient (Wildman–Crippen LogP) is 1.34. The summed E-state index contributed by atoms with van der Waals surface area (Å²) in [4.78, 5) is 22.9. The average Bonchev–Trinajstić information content (AvgIpc) is 2.35. The number of nitrogens with two attached hydrogens (primary N) is 1. The number of benzene rings is 1. The van der Waals surface area contributed by atoms with Crippen LogP contribution in [0, 0.1) is 16.0 Å². The Kier molecular flexibility index (Phi) is 4.10. The Morgan fingerprint density at radius 2 is 2.00 bits per heavy atom. The summed E-state index contributed by atoms with van der Waals surface area (Å²) in [5, 5.41) is 23.6. The number of aliphatic hydroxyl groups is 1. The molecule has 2 atom stereocenters. The lowest BCUT2D eigenvalue weighted by atomic mass is 9.70. The maximum absolute atomic E-state index is 12.5. The third-order valence-electron chi connectivity index (χ3n) is 4.28. The molecule has 1 aliphatic rings. The fourth-order valence-corrected chi connectivity index (χ4v) is 3.72. The van der Waals surface area contributed by atoms with Crippen LogP contribution in [0.25, 0.3) is 0 Å². The largest absolute Gasteiger partial charge is 0.387 e. The molecule has 1 aromatic rings. The Morgan fingerprint density at radius 1 is 1.36 bits per heavy atom. The number of piperidine rings is 1. The van der Waals surface area contributed by atoms with Crippen molar-refractivity contribution in [3.8, 4) is 0 Å². The maximum Gasteiger partial charge on any atom is 0.269 e. The molecule has 22 heavy (non-hydrogen) atoms. The van der Waals surface area contributed by atoms with Gasteiger partial charge in [-0.2, -0.15) is 0 Å². The molecule has 0 spiro atoms.